The van der Waals surface area contributed by atoms with Crippen molar-refractivity contribution in [3.05, 3.63) is 64.4 Å². The van der Waals surface area contributed by atoms with E-state index in [9.17, 15) is 4.79 Å². The Morgan fingerprint density at radius 2 is 1.94 bits per heavy atom. The zero-order chi connectivity index (χ0) is 22.5. The molecular weight excluding hydrogens is 420 g/mol. The summed E-state index contributed by atoms with van der Waals surface area (Å²) in [6.07, 6.45) is 3.56. The summed E-state index contributed by atoms with van der Waals surface area (Å²) in [5.41, 5.74) is 3.49. The van der Waals surface area contributed by atoms with Crippen LogP contribution in [-0.4, -0.2) is 45.8 Å². The summed E-state index contributed by atoms with van der Waals surface area (Å²) in [6, 6.07) is 16.5. The van der Waals surface area contributed by atoms with Crippen LogP contribution < -0.4 is 4.74 Å². The van der Waals surface area contributed by atoms with Gasteiger partial charge in [-0.2, -0.15) is 5.10 Å². The minimum absolute atomic E-state index is 0.186. The van der Waals surface area contributed by atoms with Crippen LogP contribution in [0.3, 0.4) is 0 Å². The molecule has 6 nitrogen and oxygen atoms in total. The lowest BCUT2D eigenvalue weighted by atomic mass is 9.90. The molecule has 0 spiro atoms. The third-order valence-corrected chi connectivity index (χ3v) is 6.55. The number of amides is 1. The lowest BCUT2D eigenvalue weighted by Crippen LogP contribution is -2.39. The molecule has 1 N–H and O–H groups in total. The van der Waals surface area contributed by atoms with Crippen molar-refractivity contribution in [1.82, 2.24) is 19.7 Å². The number of carbonyl (C=O) groups excluding carboxylic acids is 1. The summed E-state index contributed by atoms with van der Waals surface area (Å²) in [7, 11) is 1.69. The monoisotopic (exact) mass is 450 g/mol. The highest BCUT2D eigenvalue weighted by molar-refractivity contribution is 7.71. The van der Waals surface area contributed by atoms with Crippen molar-refractivity contribution < 1.29 is 9.53 Å². The van der Waals surface area contributed by atoms with Crippen LogP contribution in [0.4, 0.5) is 0 Å². The number of likely N-dealkylation sites (tertiary alicyclic amines) is 1. The van der Waals surface area contributed by atoms with E-state index in [-0.39, 0.29) is 5.91 Å². The highest BCUT2D eigenvalue weighted by atomic mass is 32.1. The molecule has 0 atom stereocenters. The maximum atomic E-state index is 12.9. The third-order valence-electron chi connectivity index (χ3n) is 6.23. The van der Waals surface area contributed by atoms with E-state index in [1.165, 1.54) is 5.56 Å². The zero-order valence-electron chi connectivity index (χ0n) is 18.7. The summed E-state index contributed by atoms with van der Waals surface area (Å²) >= 11 is 5.42. The molecule has 1 aromatic heterocycles. The molecule has 0 aliphatic carbocycles. The van der Waals surface area contributed by atoms with Gasteiger partial charge in [0.05, 0.1) is 7.11 Å². The number of piperidine rings is 1. The van der Waals surface area contributed by atoms with Gasteiger partial charge in [-0.1, -0.05) is 35.9 Å². The Bertz CT molecular complexity index is 1110. The van der Waals surface area contributed by atoms with Gasteiger partial charge in [0.15, 0.2) is 10.6 Å². The highest BCUT2D eigenvalue weighted by Crippen LogP contribution is 2.24. The predicted molar refractivity (Wildman–Crippen MR) is 128 cm³/mol. The van der Waals surface area contributed by atoms with Crippen molar-refractivity contribution in [1.29, 1.82) is 0 Å². The van der Waals surface area contributed by atoms with Gasteiger partial charge in [0.25, 0.3) is 0 Å². The van der Waals surface area contributed by atoms with Crippen molar-refractivity contribution in [2.24, 2.45) is 5.92 Å². The molecule has 1 aliphatic heterocycles. The van der Waals surface area contributed by atoms with E-state index in [1.54, 1.807) is 7.11 Å². The third kappa shape index (κ3) is 5.27. The number of benzene rings is 2. The van der Waals surface area contributed by atoms with Gasteiger partial charge in [0.2, 0.25) is 5.91 Å². The van der Waals surface area contributed by atoms with Gasteiger partial charge >= 0.3 is 0 Å². The minimum Gasteiger partial charge on any atom is -0.497 e. The first-order valence-electron chi connectivity index (χ1n) is 11.2. The Kier molecular flexibility index (Phi) is 7.05. The average Bonchev–Trinajstić information content (AvgIpc) is 3.18. The smallest absolute Gasteiger partial charge is 0.224 e. The molecule has 1 aliphatic rings. The number of hydrogen-bond donors (Lipinski definition) is 1. The largest absolute Gasteiger partial charge is 0.497 e. The first kappa shape index (κ1) is 22.3. The van der Waals surface area contributed by atoms with Gasteiger partial charge in [0.1, 0.15) is 5.75 Å². The summed E-state index contributed by atoms with van der Waals surface area (Å²) < 4.78 is 7.71. The molecule has 0 radical (unpaired) electrons. The Hall–Kier alpha value is -2.93. The van der Waals surface area contributed by atoms with Crippen LogP contribution in [0.25, 0.3) is 11.4 Å². The lowest BCUT2D eigenvalue weighted by molar-refractivity contribution is -0.132. The number of hydrogen-bond acceptors (Lipinski definition) is 4. The number of methoxy groups -OCH3 is 1. The zero-order valence-corrected chi connectivity index (χ0v) is 19.5. The molecule has 2 heterocycles. The molecule has 0 bridgehead atoms. The maximum Gasteiger partial charge on any atom is 0.224 e. The van der Waals surface area contributed by atoms with Crippen LogP contribution in [-0.2, 0) is 17.8 Å². The fraction of sp³-hybridized carbons (Fsp3) is 0.400. The molecule has 1 fully saturated rings. The van der Waals surface area contributed by atoms with Crippen LogP contribution in [0.1, 0.15) is 30.4 Å². The second kappa shape index (κ2) is 10.1. The first-order valence-corrected chi connectivity index (χ1v) is 11.6. The van der Waals surface area contributed by atoms with Gasteiger partial charge in [-0.15, -0.1) is 0 Å². The summed E-state index contributed by atoms with van der Waals surface area (Å²) in [5, 5.41) is 7.27. The molecule has 32 heavy (non-hydrogen) atoms. The average molecular weight is 451 g/mol. The molecule has 7 heteroatoms. The second-order valence-corrected chi connectivity index (χ2v) is 8.89. The molecule has 1 amide bonds. The van der Waals surface area contributed by atoms with Crippen LogP contribution in [0.15, 0.2) is 48.5 Å². The van der Waals surface area contributed by atoms with E-state index in [4.69, 9.17) is 17.0 Å². The molecular formula is C25H30N4O2S. The second-order valence-electron chi connectivity index (χ2n) is 8.50. The molecule has 168 valence electrons. The van der Waals surface area contributed by atoms with Crippen LogP contribution in [0.5, 0.6) is 5.75 Å². The van der Waals surface area contributed by atoms with Crippen molar-refractivity contribution in [3.63, 3.8) is 0 Å². The summed E-state index contributed by atoms with van der Waals surface area (Å²) in [4.78, 5) is 14.9. The fourth-order valence-corrected chi connectivity index (χ4v) is 4.60. The van der Waals surface area contributed by atoms with E-state index in [0.717, 1.165) is 55.1 Å². The van der Waals surface area contributed by atoms with Crippen LogP contribution in [0, 0.1) is 17.6 Å². The normalized spacial score (nSPS) is 14.5. The van der Waals surface area contributed by atoms with E-state index in [2.05, 4.69) is 41.4 Å². The van der Waals surface area contributed by atoms with Gasteiger partial charge in [0, 0.05) is 31.6 Å². The van der Waals surface area contributed by atoms with E-state index in [1.807, 2.05) is 33.7 Å². The number of ether oxygens (including phenoxy) is 1. The molecule has 3 aromatic rings. The molecule has 4 rings (SSSR count). The van der Waals surface area contributed by atoms with Gasteiger partial charge < -0.3 is 9.64 Å². The molecule has 1 saturated heterocycles. The van der Waals surface area contributed by atoms with Crippen LogP contribution >= 0.6 is 12.2 Å². The van der Waals surface area contributed by atoms with Gasteiger partial charge in [-0.25, -0.2) is 0 Å². The van der Waals surface area contributed by atoms with Gasteiger partial charge in [-0.3, -0.25) is 14.5 Å². The van der Waals surface area contributed by atoms with E-state index < -0.39 is 0 Å². The standard InChI is InChI=1S/C25H30N4O2S/c1-18-4-3-5-21(16-18)24-26-27-25(32)29(24)15-12-23(30)28-13-10-20(11-14-28)17-19-6-8-22(31-2)9-7-19/h3-9,16,20H,10-15,17H2,1-2H3,(H,27,32). The van der Waals surface area contributed by atoms with Crippen LogP contribution in [0.2, 0.25) is 0 Å². The van der Waals surface area contributed by atoms with E-state index in [0.29, 0.717) is 23.7 Å². The molecule has 0 saturated carbocycles. The van der Waals surface area contributed by atoms with E-state index >= 15 is 0 Å². The predicted octanol–water partition coefficient (Wildman–Crippen LogP) is 4.80. The maximum absolute atomic E-state index is 12.9. The highest BCUT2D eigenvalue weighted by Gasteiger charge is 2.23. The molecule has 0 unspecified atom stereocenters. The number of nitrogens with zero attached hydrogens (tertiary/aromatic N) is 3. The number of rotatable bonds is 7. The lowest BCUT2D eigenvalue weighted by Gasteiger charge is -2.32. The molecule has 2 aromatic carbocycles. The van der Waals surface area contributed by atoms with Crippen molar-refractivity contribution in [2.45, 2.75) is 39.2 Å². The number of aromatic nitrogens is 3. The van der Waals surface area contributed by atoms with Crippen molar-refractivity contribution in [2.75, 3.05) is 20.2 Å². The number of aromatic amines is 1. The Balaban J connectivity index is 1.30. The summed E-state index contributed by atoms with van der Waals surface area (Å²) in [5.74, 6) is 2.47. The first-order chi connectivity index (χ1) is 15.5. The Morgan fingerprint density at radius 3 is 2.62 bits per heavy atom. The number of aryl methyl sites for hydroxylation is 1. The topological polar surface area (TPSA) is 63.1 Å². The Labute approximate surface area is 194 Å². The van der Waals surface area contributed by atoms with Crippen molar-refractivity contribution in [3.8, 4) is 17.1 Å². The SMILES string of the molecule is COc1ccc(CC2CCN(C(=O)CCn3c(-c4cccc(C)c4)n[nH]c3=S)CC2)cc1. The minimum atomic E-state index is 0.186. The quantitative estimate of drug-likeness (QED) is 0.526. The number of carbonyl (C=O) groups is 1. The van der Waals surface area contributed by atoms with Crippen molar-refractivity contribution >= 4 is 18.1 Å². The number of H-pyrrole nitrogens is 1. The number of nitrogens with one attached hydrogen (secondary N) is 1. The Morgan fingerprint density at radius 1 is 1.19 bits per heavy atom. The fourth-order valence-electron chi connectivity index (χ4n) is 4.38. The summed E-state index contributed by atoms with van der Waals surface area (Å²) in [6.45, 7) is 4.22. The van der Waals surface area contributed by atoms with Gasteiger partial charge in [-0.05, 0) is 68.1 Å².